The Morgan fingerprint density at radius 3 is 2.43 bits per heavy atom. The lowest BCUT2D eigenvalue weighted by Gasteiger charge is -2.27. The maximum Gasteiger partial charge on any atom is 0.295 e. The number of likely N-dealkylation sites (N-methyl/N-ethyl adjacent to an activating group) is 1. The van der Waals surface area contributed by atoms with Gasteiger partial charge in [-0.2, -0.15) is 0 Å². The summed E-state index contributed by atoms with van der Waals surface area (Å²) in [4.78, 5) is 34.8. The maximum atomic E-state index is 13.4. The lowest BCUT2D eigenvalue weighted by Crippen LogP contribution is -2.35. The second kappa shape index (κ2) is 10.6. The highest BCUT2D eigenvalue weighted by atomic mass is 16.5. The molecule has 1 unspecified atom stereocenters. The smallest absolute Gasteiger partial charge is 0.295 e. The minimum absolute atomic E-state index is 0.0134. The van der Waals surface area contributed by atoms with E-state index in [2.05, 4.69) is 4.98 Å². The molecule has 1 atom stereocenters. The molecule has 4 rings (SSSR count). The first-order valence-electron chi connectivity index (χ1n) is 12.5. The fourth-order valence-corrected chi connectivity index (χ4v) is 4.68. The number of fused-ring (bicyclic) bond motifs is 1. The lowest BCUT2D eigenvalue weighted by molar-refractivity contribution is -0.140. The topological polar surface area (TPSA) is 96.6 Å². The molecule has 1 aliphatic rings. The van der Waals surface area contributed by atoms with Crippen LogP contribution in [0.4, 0.5) is 0 Å². The van der Waals surface area contributed by atoms with Crippen molar-refractivity contribution in [1.82, 2.24) is 19.2 Å². The maximum absolute atomic E-state index is 13.4. The summed E-state index contributed by atoms with van der Waals surface area (Å²) in [7, 11) is 3.80. The van der Waals surface area contributed by atoms with Crippen LogP contribution in [0.5, 0.6) is 11.5 Å². The van der Waals surface area contributed by atoms with E-state index in [1.54, 1.807) is 18.2 Å². The normalized spacial score (nSPS) is 17.3. The minimum Gasteiger partial charge on any atom is -0.505 e. The first-order valence-corrected chi connectivity index (χ1v) is 12.5. The number of hydrogen-bond acceptors (Lipinski definition) is 7. The number of Topliss-reactive ketones (excluding diaryl/α,β-unsaturated/α-hetero) is 1. The molecule has 0 saturated carbocycles. The first kappa shape index (κ1) is 26.2. The zero-order valence-corrected chi connectivity index (χ0v) is 22.2. The molecule has 1 aliphatic heterocycles. The molecule has 0 bridgehead atoms. The van der Waals surface area contributed by atoms with Gasteiger partial charge in [-0.15, -0.1) is 0 Å². The van der Waals surface area contributed by atoms with Crippen LogP contribution < -0.4 is 9.47 Å². The molecule has 1 saturated heterocycles. The highest BCUT2D eigenvalue weighted by molar-refractivity contribution is 6.46. The summed E-state index contributed by atoms with van der Waals surface area (Å²) in [6.45, 7) is 9.26. The summed E-state index contributed by atoms with van der Waals surface area (Å²) in [6.07, 6.45) is 1.86. The van der Waals surface area contributed by atoms with Crippen LogP contribution in [0.3, 0.4) is 0 Å². The van der Waals surface area contributed by atoms with E-state index in [0.29, 0.717) is 54.7 Å². The van der Waals surface area contributed by atoms with Crippen LogP contribution in [0.15, 0.2) is 42.1 Å². The van der Waals surface area contributed by atoms with E-state index in [-0.39, 0.29) is 17.0 Å². The number of imidazole rings is 1. The summed E-state index contributed by atoms with van der Waals surface area (Å²) < 4.78 is 13.4. The van der Waals surface area contributed by atoms with Crippen molar-refractivity contribution >= 4 is 23.1 Å². The van der Waals surface area contributed by atoms with Crippen molar-refractivity contribution in [3.8, 4) is 11.5 Å². The van der Waals surface area contributed by atoms with Gasteiger partial charge in [0.15, 0.2) is 17.3 Å². The molecule has 37 heavy (non-hydrogen) atoms. The Bertz CT molecular complexity index is 1370. The Morgan fingerprint density at radius 1 is 1.08 bits per heavy atom. The van der Waals surface area contributed by atoms with Gasteiger partial charge < -0.3 is 28.8 Å². The molecule has 3 heterocycles. The Morgan fingerprint density at radius 2 is 1.78 bits per heavy atom. The van der Waals surface area contributed by atoms with E-state index < -0.39 is 17.7 Å². The van der Waals surface area contributed by atoms with E-state index in [0.717, 1.165) is 5.56 Å². The Hall–Kier alpha value is -3.85. The van der Waals surface area contributed by atoms with Crippen LogP contribution in [0.1, 0.15) is 42.4 Å². The number of carbonyl (C=O) groups excluding carboxylic acids is 2. The minimum atomic E-state index is -0.805. The van der Waals surface area contributed by atoms with Crippen LogP contribution >= 0.6 is 0 Å². The average Bonchev–Trinajstić information content (AvgIpc) is 3.33. The van der Waals surface area contributed by atoms with Crippen LogP contribution in [0.2, 0.25) is 0 Å². The molecule has 9 heteroatoms. The number of aromatic nitrogens is 2. The third kappa shape index (κ3) is 4.79. The Kier molecular flexibility index (Phi) is 7.54. The number of benzene rings is 1. The van der Waals surface area contributed by atoms with Crippen molar-refractivity contribution in [1.29, 1.82) is 0 Å². The highest BCUT2D eigenvalue weighted by Crippen LogP contribution is 2.42. The molecule has 196 valence electrons. The predicted molar refractivity (Wildman–Crippen MR) is 141 cm³/mol. The van der Waals surface area contributed by atoms with Crippen molar-refractivity contribution in [3.05, 3.63) is 64.6 Å². The van der Waals surface area contributed by atoms with Gasteiger partial charge in [0.2, 0.25) is 0 Å². The number of likely N-dealkylation sites (tertiary alicyclic amines) is 1. The van der Waals surface area contributed by atoms with E-state index in [1.807, 2.05) is 69.4 Å². The van der Waals surface area contributed by atoms with Gasteiger partial charge in [-0.25, -0.2) is 4.98 Å². The number of pyridine rings is 1. The van der Waals surface area contributed by atoms with Crippen molar-refractivity contribution < 1.29 is 24.2 Å². The zero-order valence-electron chi connectivity index (χ0n) is 22.2. The second-order valence-electron chi connectivity index (χ2n) is 9.30. The van der Waals surface area contributed by atoms with Gasteiger partial charge in [-0.1, -0.05) is 12.1 Å². The number of aliphatic hydroxyl groups is 1. The van der Waals surface area contributed by atoms with Crippen molar-refractivity contribution in [2.45, 2.75) is 33.7 Å². The van der Waals surface area contributed by atoms with E-state index >= 15 is 0 Å². The molecular formula is C28H34N4O5. The van der Waals surface area contributed by atoms with E-state index in [1.165, 1.54) is 4.90 Å². The number of aryl methyl sites for hydroxylation is 2. The second-order valence-corrected chi connectivity index (χ2v) is 9.30. The van der Waals surface area contributed by atoms with Gasteiger partial charge in [0.05, 0.1) is 30.5 Å². The fourth-order valence-electron chi connectivity index (χ4n) is 4.68. The number of ether oxygens (including phenoxy) is 2. The van der Waals surface area contributed by atoms with Crippen LogP contribution in [0, 0.1) is 13.8 Å². The average molecular weight is 507 g/mol. The van der Waals surface area contributed by atoms with Crippen molar-refractivity contribution in [2.24, 2.45) is 0 Å². The van der Waals surface area contributed by atoms with Gasteiger partial charge in [0.25, 0.3) is 11.7 Å². The summed E-state index contributed by atoms with van der Waals surface area (Å²) >= 11 is 0. The Labute approximate surface area is 216 Å². The summed E-state index contributed by atoms with van der Waals surface area (Å²) in [5.74, 6) is -0.591. The number of carbonyl (C=O) groups is 2. The number of ketones is 1. The molecule has 3 aromatic rings. The van der Waals surface area contributed by atoms with Gasteiger partial charge in [0, 0.05) is 19.3 Å². The molecule has 0 spiro atoms. The number of rotatable bonds is 9. The van der Waals surface area contributed by atoms with Crippen molar-refractivity contribution in [2.75, 3.05) is 40.4 Å². The molecule has 1 amide bonds. The first-order chi connectivity index (χ1) is 17.7. The quantitative estimate of drug-likeness (QED) is 0.268. The number of nitrogens with zero attached hydrogens (tertiary/aromatic N) is 4. The molecular weight excluding hydrogens is 472 g/mol. The third-order valence-corrected chi connectivity index (χ3v) is 6.52. The molecule has 1 aromatic carbocycles. The largest absolute Gasteiger partial charge is 0.505 e. The SMILES string of the molecule is CCOc1ccc(C2C(=C(O)c3nc4c(C)cccn4c3C)C(=O)C(=O)N2CCN(C)C)cc1OCC. The van der Waals surface area contributed by atoms with Crippen molar-refractivity contribution in [3.63, 3.8) is 0 Å². The molecule has 2 aromatic heterocycles. The monoisotopic (exact) mass is 506 g/mol. The van der Waals surface area contributed by atoms with E-state index in [4.69, 9.17) is 9.47 Å². The number of amides is 1. The molecule has 9 nitrogen and oxygen atoms in total. The van der Waals surface area contributed by atoms with Crippen LogP contribution in [-0.4, -0.2) is 76.4 Å². The zero-order chi connectivity index (χ0) is 26.9. The van der Waals surface area contributed by atoms with Gasteiger partial charge in [-0.05, 0) is 71.1 Å². The highest BCUT2D eigenvalue weighted by Gasteiger charge is 2.46. The van der Waals surface area contributed by atoms with Gasteiger partial charge >= 0.3 is 0 Å². The fraction of sp³-hybridized carbons (Fsp3) is 0.393. The Balaban J connectivity index is 1.92. The summed E-state index contributed by atoms with van der Waals surface area (Å²) in [5, 5.41) is 11.6. The standard InChI is InChI=1S/C28H34N4O5/c1-7-36-20-12-11-19(16-21(20)37-8-2)24-22(26(34)28(35)32(24)15-14-30(5)6)25(33)23-18(4)31-13-9-10-17(3)27(31)29-23/h9-13,16,24,33H,7-8,14-15H2,1-6H3. The summed E-state index contributed by atoms with van der Waals surface area (Å²) in [6, 6.07) is 8.38. The van der Waals surface area contributed by atoms with Gasteiger partial charge in [-0.3, -0.25) is 9.59 Å². The van der Waals surface area contributed by atoms with Crippen LogP contribution in [-0.2, 0) is 9.59 Å². The summed E-state index contributed by atoms with van der Waals surface area (Å²) in [5.41, 5.74) is 3.22. The van der Waals surface area contributed by atoms with E-state index in [9.17, 15) is 14.7 Å². The van der Waals surface area contributed by atoms with Crippen LogP contribution in [0.25, 0.3) is 11.4 Å². The molecule has 1 fully saturated rings. The number of aliphatic hydroxyl groups excluding tert-OH is 1. The van der Waals surface area contributed by atoms with Gasteiger partial charge in [0.1, 0.15) is 11.3 Å². The molecule has 0 aliphatic carbocycles. The molecule has 0 radical (unpaired) electrons. The number of hydrogen-bond donors (Lipinski definition) is 1. The predicted octanol–water partition coefficient (Wildman–Crippen LogP) is 3.73. The molecule has 1 N–H and O–H groups in total. The third-order valence-electron chi connectivity index (χ3n) is 6.52. The lowest BCUT2D eigenvalue weighted by atomic mass is 9.96.